The van der Waals surface area contributed by atoms with Crippen LogP contribution in [0.3, 0.4) is 0 Å². The molecule has 0 aliphatic carbocycles. The van der Waals surface area contributed by atoms with Crippen LogP contribution >= 0.6 is 23.2 Å². The quantitative estimate of drug-likeness (QED) is 0.874. The second kappa shape index (κ2) is 5.54. The number of amides is 1. The van der Waals surface area contributed by atoms with Crippen molar-refractivity contribution in [2.75, 3.05) is 6.54 Å². The van der Waals surface area contributed by atoms with Gasteiger partial charge in [0.25, 0.3) is 0 Å². The number of carbonyl (C=O) groups excluding carboxylic acids is 1. The van der Waals surface area contributed by atoms with Crippen LogP contribution in [0.5, 0.6) is 0 Å². The van der Waals surface area contributed by atoms with E-state index in [9.17, 15) is 4.79 Å². The fourth-order valence-corrected chi connectivity index (χ4v) is 2.07. The zero-order chi connectivity index (χ0) is 13.1. The molecule has 2 heterocycles. The maximum atomic E-state index is 10.8. The smallest absolute Gasteiger partial charge is 0.216 e. The SMILES string of the molecule is CC(=O)NCCn1c(CCl)nc2cc(Cl)cnc21. The Morgan fingerprint density at radius 2 is 2.33 bits per heavy atom. The first kappa shape index (κ1) is 13.1. The van der Waals surface area contributed by atoms with Gasteiger partial charge in [-0.05, 0) is 6.07 Å². The summed E-state index contributed by atoms with van der Waals surface area (Å²) in [7, 11) is 0. The van der Waals surface area contributed by atoms with Gasteiger partial charge in [0.2, 0.25) is 5.91 Å². The Labute approximate surface area is 114 Å². The molecule has 0 saturated heterocycles. The third-order valence-corrected chi connectivity index (χ3v) is 2.91. The van der Waals surface area contributed by atoms with Crippen molar-refractivity contribution in [1.82, 2.24) is 19.9 Å². The Hall–Kier alpha value is -1.33. The van der Waals surface area contributed by atoms with Crippen LogP contribution in [0.15, 0.2) is 12.3 Å². The highest BCUT2D eigenvalue weighted by Gasteiger charge is 2.11. The molecule has 0 spiro atoms. The lowest BCUT2D eigenvalue weighted by Gasteiger charge is -2.07. The maximum Gasteiger partial charge on any atom is 0.216 e. The van der Waals surface area contributed by atoms with Crippen LogP contribution in [0, 0.1) is 0 Å². The second-order valence-corrected chi connectivity index (χ2v) is 4.50. The van der Waals surface area contributed by atoms with E-state index in [1.54, 1.807) is 12.3 Å². The van der Waals surface area contributed by atoms with Crippen LogP contribution in [0.1, 0.15) is 12.7 Å². The predicted octanol–water partition coefficient (Wildman–Crippen LogP) is 1.96. The van der Waals surface area contributed by atoms with E-state index in [0.29, 0.717) is 29.5 Å². The van der Waals surface area contributed by atoms with E-state index in [-0.39, 0.29) is 11.8 Å². The number of hydrogen-bond acceptors (Lipinski definition) is 3. The largest absolute Gasteiger partial charge is 0.355 e. The summed E-state index contributed by atoms with van der Waals surface area (Å²) in [4.78, 5) is 19.4. The summed E-state index contributed by atoms with van der Waals surface area (Å²) in [5, 5.41) is 3.26. The van der Waals surface area contributed by atoms with E-state index in [1.807, 2.05) is 4.57 Å². The van der Waals surface area contributed by atoms with Crippen LogP contribution in [-0.2, 0) is 17.2 Å². The molecule has 0 atom stereocenters. The molecule has 0 saturated carbocycles. The molecule has 1 N–H and O–H groups in total. The summed E-state index contributed by atoms with van der Waals surface area (Å²) >= 11 is 11.7. The minimum Gasteiger partial charge on any atom is -0.355 e. The molecular formula is C11H12Cl2N4O. The summed E-state index contributed by atoms with van der Waals surface area (Å²) in [6.45, 7) is 2.56. The Kier molecular flexibility index (Phi) is 4.04. The highest BCUT2D eigenvalue weighted by atomic mass is 35.5. The van der Waals surface area contributed by atoms with Gasteiger partial charge in [0, 0.05) is 26.2 Å². The lowest BCUT2D eigenvalue weighted by Crippen LogP contribution is -2.25. The monoisotopic (exact) mass is 286 g/mol. The van der Waals surface area contributed by atoms with Crippen molar-refractivity contribution in [2.24, 2.45) is 0 Å². The van der Waals surface area contributed by atoms with Crippen LogP contribution < -0.4 is 5.32 Å². The van der Waals surface area contributed by atoms with Crippen LogP contribution in [0.25, 0.3) is 11.2 Å². The van der Waals surface area contributed by atoms with Crippen molar-refractivity contribution >= 4 is 40.3 Å². The number of aromatic nitrogens is 3. The average molecular weight is 287 g/mol. The summed E-state index contributed by atoms with van der Waals surface area (Å²) < 4.78 is 1.88. The third kappa shape index (κ3) is 2.73. The van der Waals surface area contributed by atoms with Gasteiger partial charge >= 0.3 is 0 Å². The van der Waals surface area contributed by atoms with E-state index < -0.39 is 0 Å². The van der Waals surface area contributed by atoms with Crippen LogP contribution in [0.4, 0.5) is 0 Å². The minimum atomic E-state index is -0.0668. The highest BCUT2D eigenvalue weighted by Crippen LogP contribution is 2.18. The average Bonchev–Trinajstić information content (AvgIpc) is 2.66. The lowest BCUT2D eigenvalue weighted by atomic mass is 10.4. The first-order valence-electron chi connectivity index (χ1n) is 5.43. The number of nitrogens with one attached hydrogen (secondary N) is 1. The Morgan fingerprint density at radius 1 is 1.56 bits per heavy atom. The Bertz CT molecular complexity index is 582. The normalized spacial score (nSPS) is 10.8. The van der Waals surface area contributed by atoms with Gasteiger partial charge in [-0.1, -0.05) is 11.6 Å². The number of nitrogens with zero attached hydrogens (tertiary/aromatic N) is 3. The predicted molar refractivity (Wildman–Crippen MR) is 70.8 cm³/mol. The van der Waals surface area contributed by atoms with Crippen molar-refractivity contribution in [1.29, 1.82) is 0 Å². The number of alkyl halides is 1. The number of hydrogen-bond donors (Lipinski definition) is 1. The van der Waals surface area contributed by atoms with Gasteiger partial charge in [0.05, 0.1) is 10.9 Å². The maximum absolute atomic E-state index is 10.8. The molecule has 0 unspecified atom stereocenters. The zero-order valence-electron chi connectivity index (χ0n) is 9.78. The molecule has 5 nitrogen and oxygen atoms in total. The fraction of sp³-hybridized carbons (Fsp3) is 0.364. The van der Waals surface area contributed by atoms with Gasteiger partial charge in [-0.15, -0.1) is 11.6 Å². The molecular weight excluding hydrogens is 275 g/mol. The summed E-state index contributed by atoms with van der Waals surface area (Å²) in [5.41, 5.74) is 1.43. The van der Waals surface area contributed by atoms with Gasteiger partial charge in [0.15, 0.2) is 5.65 Å². The number of pyridine rings is 1. The third-order valence-electron chi connectivity index (χ3n) is 2.46. The van der Waals surface area contributed by atoms with Gasteiger partial charge in [-0.2, -0.15) is 0 Å². The molecule has 2 rings (SSSR count). The van der Waals surface area contributed by atoms with Crippen molar-refractivity contribution in [3.8, 4) is 0 Å². The highest BCUT2D eigenvalue weighted by molar-refractivity contribution is 6.31. The Morgan fingerprint density at radius 3 is 3.00 bits per heavy atom. The number of rotatable bonds is 4. The number of fused-ring (bicyclic) bond motifs is 1. The molecule has 0 aliphatic rings. The Balaban J connectivity index is 2.31. The molecule has 2 aromatic rings. The molecule has 1 amide bonds. The number of halogens is 2. The standard InChI is InChI=1S/C11H12Cl2N4O/c1-7(18)14-2-3-17-10(5-12)16-9-4-8(13)6-15-11(9)17/h4,6H,2-3,5H2,1H3,(H,14,18). The first-order chi connectivity index (χ1) is 8.61. The number of imidazole rings is 1. The summed E-state index contributed by atoms with van der Waals surface area (Å²) in [5.74, 6) is 0.934. The first-order valence-corrected chi connectivity index (χ1v) is 6.34. The van der Waals surface area contributed by atoms with E-state index in [1.165, 1.54) is 6.92 Å². The van der Waals surface area contributed by atoms with Gasteiger partial charge < -0.3 is 9.88 Å². The van der Waals surface area contributed by atoms with Crippen molar-refractivity contribution in [3.63, 3.8) is 0 Å². The summed E-state index contributed by atoms with van der Waals surface area (Å²) in [6.07, 6.45) is 1.57. The molecule has 0 radical (unpaired) electrons. The van der Waals surface area contributed by atoms with Crippen molar-refractivity contribution in [2.45, 2.75) is 19.3 Å². The molecule has 2 aromatic heterocycles. The van der Waals surface area contributed by atoms with Crippen LogP contribution in [-0.4, -0.2) is 27.0 Å². The van der Waals surface area contributed by atoms with E-state index in [0.717, 1.165) is 5.65 Å². The summed E-state index contributed by atoms with van der Waals surface area (Å²) in [6, 6.07) is 1.74. The van der Waals surface area contributed by atoms with Gasteiger partial charge in [-0.25, -0.2) is 9.97 Å². The molecule has 0 fully saturated rings. The van der Waals surface area contributed by atoms with E-state index >= 15 is 0 Å². The zero-order valence-corrected chi connectivity index (χ0v) is 11.3. The second-order valence-electron chi connectivity index (χ2n) is 3.79. The van der Waals surface area contributed by atoms with Gasteiger partial charge in [0.1, 0.15) is 11.3 Å². The van der Waals surface area contributed by atoms with Crippen molar-refractivity contribution < 1.29 is 4.79 Å². The topological polar surface area (TPSA) is 59.8 Å². The molecule has 0 aliphatic heterocycles. The lowest BCUT2D eigenvalue weighted by molar-refractivity contribution is -0.118. The van der Waals surface area contributed by atoms with Crippen LogP contribution in [0.2, 0.25) is 5.02 Å². The molecule has 18 heavy (non-hydrogen) atoms. The molecule has 0 bridgehead atoms. The van der Waals surface area contributed by atoms with Crippen molar-refractivity contribution in [3.05, 3.63) is 23.1 Å². The number of carbonyl (C=O) groups is 1. The molecule has 0 aromatic carbocycles. The molecule has 96 valence electrons. The molecule has 7 heteroatoms. The minimum absolute atomic E-state index is 0.0668. The fourth-order valence-electron chi connectivity index (χ4n) is 1.71. The van der Waals surface area contributed by atoms with E-state index in [2.05, 4.69) is 15.3 Å². The van der Waals surface area contributed by atoms with Gasteiger partial charge in [-0.3, -0.25) is 4.79 Å². The van der Waals surface area contributed by atoms with E-state index in [4.69, 9.17) is 23.2 Å².